The van der Waals surface area contributed by atoms with Crippen LogP contribution in [0.5, 0.6) is 11.5 Å². The van der Waals surface area contributed by atoms with Crippen LogP contribution in [0.1, 0.15) is 18.4 Å². The van der Waals surface area contributed by atoms with E-state index in [0.29, 0.717) is 23.8 Å². The molecular formula is C16H23NO4. The fraction of sp³-hybridized carbons (Fsp3) is 0.562. The van der Waals surface area contributed by atoms with E-state index in [4.69, 9.17) is 14.6 Å². The number of aliphatic hydroxyl groups excluding tert-OH is 1. The number of hydrogen-bond donors (Lipinski definition) is 1. The third-order valence-corrected chi connectivity index (χ3v) is 4.01. The number of methoxy groups -OCH3 is 2. The smallest absolute Gasteiger partial charge is 0.227 e. The zero-order chi connectivity index (χ0) is 15.2. The van der Waals surface area contributed by atoms with Crippen LogP contribution >= 0.6 is 0 Å². The molecule has 0 bridgehead atoms. The maximum absolute atomic E-state index is 12.4. The van der Waals surface area contributed by atoms with E-state index >= 15 is 0 Å². The lowest BCUT2D eigenvalue weighted by Crippen LogP contribution is -2.30. The van der Waals surface area contributed by atoms with Crippen molar-refractivity contribution in [3.05, 3.63) is 23.8 Å². The summed E-state index contributed by atoms with van der Waals surface area (Å²) >= 11 is 0. The molecule has 1 aromatic carbocycles. The summed E-state index contributed by atoms with van der Waals surface area (Å²) in [5, 5.41) is 8.97. The Morgan fingerprint density at radius 3 is 2.86 bits per heavy atom. The minimum absolute atomic E-state index is 0.110. The molecule has 1 unspecified atom stereocenters. The summed E-state index contributed by atoms with van der Waals surface area (Å²) in [6.45, 7) is 1.72. The predicted octanol–water partition coefficient (Wildman–Crippen LogP) is 1.48. The highest BCUT2D eigenvalue weighted by Gasteiger charge is 2.26. The Labute approximate surface area is 125 Å². The van der Waals surface area contributed by atoms with Crippen molar-refractivity contribution < 1.29 is 19.4 Å². The highest BCUT2D eigenvalue weighted by molar-refractivity contribution is 5.80. The molecule has 0 radical (unpaired) electrons. The second-order valence-corrected chi connectivity index (χ2v) is 5.36. The van der Waals surface area contributed by atoms with Crippen LogP contribution in [0.4, 0.5) is 0 Å². The van der Waals surface area contributed by atoms with E-state index in [1.54, 1.807) is 20.3 Å². The summed E-state index contributed by atoms with van der Waals surface area (Å²) < 4.78 is 10.5. The maximum Gasteiger partial charge on any atom is 0.227 e. The Bertz CT molecular complexity index is 489. The molecule has 1 fully saturated rings. The Kier molecular flexibility index (Phi) is 5.44. The van der Waals surface area contributed by atoms with Crippen molar-refractivity contribution in [2.45, 2.75) is 19.3 Å². The van der Waals surface area contributed by atoms with Crippen molar-refractivity contribution in [1.29, 1.82) is 0 Å². The van der Waals surface area contributed by atoms with E-state index in [-0.39, 0.29) is 12.5 Å². The van der Waals surface area contributed by atoms with Crippen molar-refractivity contribution in [2.75, 3.05) is 33.9 Å². The molecule has 0 saturated carbocycles. The Hall–Kier alpha value is -1.75. The number of aliphatic hydroxyl groups is 1. The van der Waals surface area contributed by atoms with Gasteiger partial charge in [0.05, 0.1) is 20.6 Å². The first kappa shape index (κ1) is 15.6. The molecule has 5 heteroatoms. The number of ether oxygens (including phenoxy) is 2. The summed E-state index contributed by atoms with van der Waals surface area (Å²) in [7, 11) is 3.20. The molecule has 1 aliphatic heterocycles. The third-order valence-electron chi connectivity index (χ3n) is 4.01. The molecule has 5 nitrogen and oxygen atoms in total. The van der Waals surface area contributed by atoms with Crippen molar-refractivity contribution >= 4 is 5.91 Å². The van der Waals surface area contributed by atoms with Crippen LogP contribution in [0.3, 0.4) is 0 Å². The van der Waals surface area contributed by atoms with Crippen LogP contribution in [-0.2, 0) is 11.2 Å². The maximum atomic E-state index is 12.4. The van der Waals surface area contributed by atoms with Gasteiger partial charge in [0.25, 0.3) is 0 Å². The van der Waals surface area contributed by atoms with Crippen LogP contribution in [0.2, 0.25) is 0 Å². The molecule has 1 N–H and O–H groups in total. The molecule has 1 atom stereocenters. The highest BCUT2D eigenvalue weighted by atomic mass is 16.5. The number of carbonyl (C=O) groups is 1. The predicted molar refractivity (Wildman–Crippen MR) is 79.6 cm³/mol. The van der Waals surface area contributed by atoms with Crippen LogP contribution in [0.15, 0.2) is 18.2 Å². The quantitative estimate of drug-likeness (QED) is 0.863. The monoisotopic (exact) mass is 293 g/mol. The van der Waals surface area contributed by atoms with Gasteiger partial charge in [0.1, 0.15) is 11.5 Å². The first-order valence-corrected chi connectivity index (χ1v) is 7.27. The standard InChI is InChI=1S/C16H23NO4/c1-20-14-4-3-13(15(10-14)21-2)9-16(19)17-7-5-12(11-17)6-8-18/h3-4,10,12,18H,5-9,11H2,1-2H3. The molecule has 1 saturated heterocycles. The van der Waals surface area contributed by atoms with Gasteiger partial charge in [0.2, 0.25) is 5.91 Å². The Morgan fingerprint density at radius 1 is 1.38 bits per heavy atom. The van der Waals surface area contributed by atoms with Gasteiger partial charge in [0.15, 0.2) is 0 Å². The average Bonchev–Trinajstić information content (AvgIpc) is 2.96. The van der Waals surface area contributed by atoms with Gasteiger partial charge in [-0.1, -0.05) is 6.07 Å². The minimum atomic E-state index is 0.110. The van der Waals surface area contributed by atoms with Gasteiger partial charge >= 0.3 is 0 Å². The number of amides is 1. The molecule has 0 spiro atoms. The number of hydrogen-bond acceptors (Lipinski definition) is 4. The van der Waals surface area contributed by atoms with Crippen molar-refractivity contribution in [3.63, 3.8) is 0 Å². The molecule has 21 heavy (non-hydrogen) atoms. The van der Waals surface area contributed by atoms with E-state index in [2.05, 4.69) is 0 Å². The van der Waals surface area contributed by atoms with Crippen molar-refractivity contribution in [2.24, 2.45) is 5.92 Å². The number of likely N-dealkylation sites (tertiary alicyclic amines) is 1. The molecule has 116 valence electrons. The first-order chi connectivity index (χ1) is 10.2. The van der Waals surface area contributed by atoms with Gasteiger partial charge in [-0.2, -0.15) is 0 Å². The number of rotatable bonds is 6. The lowest BCUT2D eigenvalue weighted by atomic mass is 10.1. The summed E-state index contributed by atoms with van der Waals surface area (Å²) in [6.07, 6.45) is 2.08. The van der Waals surface area contributed by atoms with E-state index in [9.17, 15) is 4.79 Å². The lowest BCUT2D eigenvalue weighted by molar-refractivity contribution is -0.129. The van der Waals surface area contributed by atoms with Crippen LogP contribution in [0, 0.1) is 5.92 Å². The zero-order valence-electron chi connectivity index (χ0n) is 12.7. The lowest BCUT2D eigenvalue weighted by Gasteiger charge is -2.17. The van der Waals surface area contributed by atoms with E-state index in [1.165, 1.54) is 0 Å². The highest BCUT2D eigenvalue weighted by Crippen LogP contribution is 2.26. The van der Waals surface area contributed by atoms with E-state index in [1.807, 2.05) is 17.0 Å². The Balaban J connectivity index is 2.00. The number of benzene rings is 1. The second-order valence-electron chi connectivity index (χ2n) is 5.36. The summed E-state index contributed by atoms with van der Waals surface area (Å²) in [6, 6.07) is 5.50. The number of carbonyl (C=O) groups excluding carboxylic acids is 1. The summed E-state index contributed by atoms with van der Waals surface area (Å²) in [4.78, 5) is 14.2. The van der Waals surface area contributed by atoms with Gasteiger partial charge in [-0.25, -0.2) is 0 Å². The summed E-state index contributed by atoms with van der Waals surface area (Å²) in [5.74, 6) is 1.93. The van der Waals surface area contributed by atoms with Crippen molar-refractivity contribution in [3.8, 4) is 11.5 Å². The molecule has 1 aromatic rings. The van der Waals surface area contributed by atoms with Gasteiger partial charge in [0, 0.05) is 31.3 Å². The second kappa shape index (κ2) is 7.31. The zero-order valence-corrected chi connectivity index (χ0v) is 12.7. The fourth-order valence-corrected chi connectivity index (χ4v) is 2.75. The van der Waals surface area contributed by atoms with Gasteiger partial charge in [-0.15, -0.1) is 0 Å². The Morgan fingerprint density at radius 2 is 2.19 bits per heavy atom. The van der Waals surface area contributed by atoms with Crippen LogP contribution in [-0.4, -0.2) is 49.8 Å². The number of nitrogens with zero attached hydrogens (tertiary/aromatic N) is 1. The molecule has 1 amide bonds. The molecule has 1 aliphatic rings. The van der Waals surface area contributed by atoms with Gasteiger partial charge in [-0.3, -0.25) is 4.79 Å². The van der Waals surface area contributed by atoms with E-state index in [0.717, 1.165) is 31.5 Å². The van der Waals surface area contributed by atoms with Gasteiger partial charge in [-0.05, 0) is 24.8 Å². The molecule has 0 aliphatic carbocycles. The molecule has 0 aromatic heterocycles. The fourth-order valence-electron chi connectivity index (χ4n) is 2.75. The normalized spacial score (nSPS) is 17.9. The van der Waals surface area contributed by atoms with Crippen LogP contribution < -0.4 is 9.47 Å². The first-order valence-electron chi connectivity index (χ1n) is 7.27. The molecule has 1 heterocycles. The topological polar surface area (TPSA) is 59.0 Å². The summed E-state index contributed by atoms with van der Waals surface area (Å²) in [5.41, 5.74) is 0.869. The average molecular weight is 293 g/mol. The van der Waals surface area contributed by atoms with E-state index < -0.39 is 0 Å². The molecule has 2 rings (SSSR count). The largest absolute Gasteiger partial charge is 0.497 e. The van der Waals surface area contributed by atoms with Crippen LogP contribution in [0.25, 0.3) is 0 Å². The molecular weight excluding hydrogens is 270 g/mol. The minimum Gasteiger partial charge on any atom is -0.497 e. The third kappa shape index (κ3) is 3.88. The van der Waals surface area contributed by atoms with Crippen molar-refractivity contribution in [1.82, 2.24) is 4.90 Å². The SMILES string of the molecule is COc1ccc(CC(=O)N2CCC(CCO)C2)c(OC)c1. The van der Waals surface area contributed by atoms with Gasteiger partial charge < -0.3 is 19.5 Å².